The summed E-state index contributed by atoms with van der Waals surface area (Å²) in [6, 6.07) is 66.6. The van der Waals surface area contributed by atoms with E-state index < -0.39 is 0 Å². The summed E-state index contributed by atoms with van der Waals surface area (Å²) in [6.07, 6.45) is 0. The van der Waals surface area contributed by atoms with E-state index in [9.17, 15) is 0 Å². The Labute approximate surface area is 314 Å². The molecule has 0 saturated carbocycles. The Morgan fingerprint density at radius 3 is 1.65 bits per heavy atom. The molecule has 2 heterocycles. The van der Waals surface area contributed by atoms with Crippen LogP contribution in [0.3, 0.4) is 0 Å². The highest BCUT2D eigenvalue weighted by atomic mass is 32.1. The number of benzene rings is 10. The minimum Gasteiger partial charge on any atom is -0.455 e. The number of thiophene rings is 1. The van der Waals surface area contributed by atoms with Crippen LogP contribution in [0.4, 0.5) is 0 Å². The quantitative estimate of drug-likeness (QED) is 0.167. The van der Waals surface area contributed by atoms with Gasteiger partial charge in [-0.3, -0.25) is 0 Å². The summed E-state index contributed by atoms with van der Waals surface area (Å²) in [7, 11) is 0. The molecular weight excluding hydrogens is 673 g/mol. The largest absolute Gasteiger partial charge is 0.455 e. The molecule has 0 unspecified atom stereocenters. The van der Waals surface area contributed by atoms with Gasteiger partial charge in [-0.05, 0) is 101 Å². The van der Waals surface area contributed by atoms with Gasteiger partial charge in [-0.2, -0.15) is 0 Å². The highest BCUT2D eigenvalue weighted by molar-refractivity contribution is 7.26. The second-order valence-corrected chi connectivity index (χ2v) is 15.4. The third kappa shape index (κ3) is 4.20. The van der Waals surface area contributed by atoms with E-state index in [4.69, 9.17) is 4.42 Å². The molecule has 0 aliphatic heterocycles. The van der Waals surface area contributed by atoms with Crippen LogP contribution < -0.4 is 0 Å². The fraction of sp³-hybridized carbons (Fsp3) is 0. The Morgan fingerprint density at radius 1 is 0.333 bits per heavy atom. The van der Waals surface area contributed by atoms with Crippen LogP contribution in [0, 0.1) is 0 Å². The van der Waals surface area contributed by atoms with Crippen molar-refractivity contribution in [2.24, 2.45) is 0 Å². The predicted molar refractivity (Wildman–Crippen MR) is 233 cm³/mol. The first-order valence-corrected chi connectivity index (χ1v) is 19.3. The molecule has 0 spiro atoms. The molecule has 12 rings (SSSR count). The van der Waals surface area contributed by atoms with Crippen LogP contribution in [0.25, 0.3) is 119 Å². The zero-order valence-electron chi connectivity index (χ0n) is 29.1. The van der Waals surface area contributed by atoms with Gasteiger partial charge in [-0.25, -0.2) is 0 Å². The number of furan rings is 1. The number of rotatable bonds is 3. The van der Waals surface area contributed by atoms with E-state index in [0.717, 1.165) is 11.2 Å². The van der Waals surface area contributed by atoms with Crippen molar-refractivity contribution in [2.45, 2.75) is 0 Å². The molecule has 0 atom stereocenters. The van der Waals surface area contributed by atoms with Crippen molar-refractivity contribution in [3.05, 3.63) is 182 Å². The van der Waals surface area contributed by atoms with Gasteiger partial charge in [0.25, 0.3) is 0 Å². The first-order valence-electron chi connectivity index (χ1n) is 18.5. The zero-order valence-corrected chi connectivity index (χ0v) is 30.0. The van der Waals surface area contributed by atoms with Gasteiger partial charge in [0.2, 0.25) is 0 Å². The van der Waals surface area contributed by atoms with Gasteiger partial charge in [-0.1, -0.05) is 158 Å². The normalized spacial score (nSPS) is 12.1. The van der Waals surface area contributed by atoms with Gasteiger partial charge in [0.1, 0.15) is 11.2 Å². The van der Waals surface area contributed by atoms with E-state index in [1.807, 2.05) is 11.3 Å². The second kappa shape index (κ2) is 11.4. The van der Waals surface area contributed by atoms with E-state index in [2.05, 4.69) is 182 Å². The van der Waals surface area contributed by atoms with E-state index in [1.54, 1.807) is 0 Å². The smallest absolute Gasteiger partial charge is 0.144 e. The number of fused-ring (bicyclic) bond motifs is 12. The molecule has 0 bridgehead atoms. The van der Waals surface area contributed by atoms with Crippen LogP contribution >= 0.6 is 11.3 Å². The SMILES string of the molecule is c1ccc2c(-c3c4ccccc4c(-c4ccc(-c5cc6oc7c(ccc8sc9ccccc9c87)c6c6ccccc56)cc4)c4ccccc34)cccc2c1. The second-order valence-electron chi connectivity index (χ2n) is 14.3. The minimum absolute atomic E-state index is 0.923. The van der Waals surface area contributed by atoms with Gasteiger partial charge in [0, 0.05) is 30.9 Å². The molecule has 2 heteroatoms. The predicted octanol–water partition coefficient (Wildman–Crippen LogP) is 15.6. The summed E-state index contributed by atoms with van der Waals surface area (Å²) in [5.74, 6) is 0. The maximum absolute atomic E-state index is 6.87. The fourth-order valence-electron chi connectivity index (χ4n) is 9.13. The summed E-state index contributed by atoms with van der Waals surface area (Å²) >= 11 is 1.83. The van der Waals surface area contributed by atoms with Crippen LogP contribution in [0.5, 0.6) is 0 Å². The Balaban J connectivity index is 1.07. The van der Waals surface area contributed by atoms with Crippen molar-refractivity contribution in [1.82, 2.24) is 0 Å². The summed E-state index contributed by atoms with van der Waals surface area (Å²) in [6.45, 7) is 0. The maximum atomic E-state index is 6.87. The van der Waals surface area contributed by atoms with Crippen molar-refractivity contribution < 1.29 is 4.42 Å². The molecular formula is C52H30OS. The van der Waals surface area contributed by atoms with Crippen molar-refractivity contribution in [3.8, 4) is 33.4 Å². The first-order chi connectivity index (χ1) is 26.8. The summed E-state index contributed by atoms with van der Waals surface area (Å²) < 4.78 is 9.42. The van der Waals surface area contributed by atoms with Crippen LogP contribution in [0.2, 0.25) is 0 Å². The molecule has 0 amide bonds. The highest BCUT2D eigenvalue weighted by Crippen LogP contribution is 2.47. The van der Waals surface area contributed by atoms with Crippen LogP contribution in [-0.4, -0.2) is 0 Å². The van der Waals surface area contributed by atoms with Crippen molar-refractivity contribution in [1.29, 1.82) is 0 Å². The topological polar surface area (TPSA) is 13.1 Å². The third-order valence-electron chi connectivity index (χ3n) is 11.5. The molecule has 0 aliphatic rings. The molecule has 1 nitrogen and oxygen atoms in total. The van der Waals surface area contributed by atoms with Gasteiger partial charge in [0.15, 0.2) is 0 Å². The maximum Gasteiger partial charge on any atom is 0.144 e. The Hall–Kier alpha value is -6.74. The molecule has 0 aliphatic carbocycles. The highest BCUT2D eigenvalue weighted by Gasteiger charge is 2.20. The number of hydrogen-bond donors (Lipinski definition) is 0. The lowest BCUT2D eigenvalue weighted by Gasteiger charge is -2.19. The van der Waals surface area contributed by atoms with Crippen molar-refractivity contribution in [3.63, 3.8) is 0 Å². The Kier molecular flexibility index (Phi) is 6.28. The fourth-order valence-corrected chi connectivity index (χ4v) is 10.2. The van der Waals surface area contributed by atoms with E-state index in [1.165, 1.54) is 107 Å². The molecule has 2 aromatic heterocycles. The van der Waals surface area contributed by atoms with Crippen molar-refractivity contribution in [2.75, 3.05) is 0 Å². The Bertz CT molecular complexity index is 3430. The van der Waals surface area contributed by atoms with Crippen LogP contribution in [-0.2, 0) is 0 Å². The molecule has 0 N–H and O–H groups in total. The first kappa shape index (κ1) is 29.8. The van der Waals surface area contributed by atoms with Crippen LogP contribution in [0.15, 0.2) is 186 Å². The molecule has 54 heavy (non-hydrogen) atoms. The molecule has 10 aromatic carbocycles. The number of hydrogen-bond acceptors (Lipinski definition) is 2. The van der Waals surface area contributed by atoms with Crippen LogP contribution in [0.1, 0.15) is 0 Å². The third-order valence-corrected chi connectivity index (χ3v) is 12.6. The van der Waals surface area contributed by atoms with E-state index in [-0.39, 0.29) is 0 Å². The summed E-state index contributed by atoms with van der Waals surface area (Å²) in [5, 5.41) is 14.8. The lowest BCUT2D eigenvalue weighted by molar-refractivity contribution is 0.673. The molecule has 0 fully saturated rings. The van der Waals surface area contributed by atoms with Crippen molar-refractivity contribution >= 4 is 96.5 Å². The summed E-state index contributed by atoms with van der Waals surface area (Å²) in [5.41, 5.74) is 9.27. The monoisotopic (exact) mass is 702 g/mol. The average Bonchev–Trinajstić information content (AvgIpc) is 3.81. The van der Waals surface area contributed by atoms with E-state index in [0.29, 0.717) is 0 Å². The van der Waals surface area contributed by atoms with Gasteiger partial charge < -0.3 is 4.42 Å². The Morgan fingerprint density at radius 2 is 0.907 bits per heavy atom. The lowest BCUT2D eigenvalue weighted by Crippen LogP contribution is -1.91. The van der Waals surface area contributed by atoms with Gasteiger partial charge >= 0.3 is 0 Å². The molecule has 0 radical (unpaired) electrons. The summed E-state index contributed by atoms with van der Waals surface area (Å²) in [4.78, 5) is 0. The minimum atomic E-state index is 0.923. The molecule has 12 aromatic rings. The lowest BCUT2D eigenvalue weighted by atomic mass is 9.84. The standard InChI is InChI=1S/C52H30OS/c1-2-14-34-31(12-1)13-11-22-36(34)49-40-19-7-5-17-38(40)48(39-18-6-8-20-41(39)49)33-26-24-32(25-27-33)44-30-45-50(37-16-4-3-15-35(37)44)43-28-29-47-51(52(43)53-45)42-21-9-10-23-46(42)54-47/h1-30H. The van der Waals surface area contributed by atoms with Gasteiger partial charge in [-0.15, -0.1) is 11.3 Å². The molecule has 250 valence electrons. The average molecular weight is 703 g/mol. The zero-order chi connectivity index (χ0) is 35.3. The molecule has 0 saturated heterocycles. The van der Waals surface area contributed by atoms with E-state index >= 15 is 0 Å². The van der Waals surface area contributed by atoms with Gasteiger partial charge in [0.05, 0.1) is 0 Å².